The Balaban J connectivity index is 1.79. The van der Waals surface area contributed by atoms with E-state index in [0.717, 1.165) is 28.1 Å². The molecular formula is C22H14NO4S2-. The van der Waals surface area contributed by atoms with E-state index in [4.69, 9.17) is 17.0 Å². The average Bonchev–Trinajstić information content (AvgIpc) is 3.01. The monoisotopic (exact) mass is 420 g/mol. The molecule has 0 bridgehead atoms. The van der Waals surface area contributed by atoms with Crippen molar-refractivity contribution >= 4 is 62.7 Å². The van der Waals surface area contributed by atoms with Crippen molar-refractivity contribution < 1.29 is 19.4 Å². The van der Waals surface area contributed by atoms with Gasteiger partial charge in [0.2, 0.25) is 0 Å². The summed E-state index contributed by atoms with van der Waals surface area (Å²) in [4.78, 5) is 26.0. The standard InChI is InChI=1S/C22H15NO4S2/c1-27-18-10-9-13-5-2-3-8-16(13)17(18)12-19-20(24)23(22(28)29-19)15-7-4-6-14(11-15)21(25)26/h2-12H,1H3,(H,25,26)/p-1/b19-12-. The number of thioether (sulfide) groups is 1. The second-order valence-corrected chi connectivity index (χ2v) is 7.93. The summed E-state index contributed by atoms with van der Waals surface area (Å²) < 4.78 is 5.83. The van der Waals surface area contributed by atoms with Crippen LogP contribution in [0.1, 0.15) is 15.9 Å². The minimum atomic E-state index is -1.31. The number of carbonyl (C=O) groups is 2. The van der Waals surface area contributed by atoms with Gasteiger partial charge in [0, 0.05) is 5.56 Å². The number of rotatable bonds is 4. The van der Waals surface area contributed by atoms with E-state index in [1.807, 2.05) is 36.4 Å². The van der Waals surface area contributed by atoms with E-state index in [1.165, 1.54) is 17.0 Å². The highest BCUT2D eigenvalue weighted by molar-refractivity contribution is 8.27. The largest absolute Gasteiger partial charge is 0.545 e. The van der Waals surface area contributed by atoms with Crippen molar-refractivity contribution in [2.24, 2.45) is 0 Å². The van der Waals surface area contributed by atoms with E-state index in [0.29, 0.717) is 20.7 Å². The number of methoxy groups -OCH3 is 1. The average molecular weight is 420 g/mol. The van der Waals surface area contributed by atoms with E-state index in [1.54, 1.807) is 25.3 Å². The molecule has 0 aromatic heterocycles. The van der Waals surface area contributed by atoms with Crippen molar-refractivity contribution in [1.82, 2.24) is 0 Å². The molecule has 0 radical (unpaired) electrons. The highest BCUT2D eigenvalue weighted by Gasteiger charge is 2.33. The van der Waals surface area contributed by atoms with Gasteiger partial charge in [-0.15, -0.1) is 0 Å². The molecule has 1 fully saturated rings. The molecule has 1 saturated heterocycles. The minimum absolute atomic E-state index is 0.0174. The van der Waals surface area contributed by atoms with Crippen LogP contribution in [0.5, 0.6) is 5.75 Å². The van der Waals surface area contributed by atoms with Crippen LogP contribution in [0.2, 0.25) is 0 Å². The maximum Gasteiger partial charge on any atom is 0.270 e. The molecule has 0 atom stereocenters. The molecular weight excluding hydrogens is 406 g/mol. The van der Waals surface area contributed by atoms with E-state index in [2.05, 4.69) is 0 Å². The van der Waals surface area contributed by atoms with Gasteiger partial charge in [-0.2, -0.15) is 0 Å². The lowest BCUT2D eigenvalue weighted by Crippen LogP contribution is -2.28. The summed E-state index contributed by atoms with van der Waals surface area (Å²) >= 11 is 6.56. The summed E-state index contributed by atoms with van der Waals surface area (Å²) in [5.74, 6) is -0.980. The molecule has 144 valence electrons. The predicted octanol–water partition coefficient (Wildman–Crippen LogP) is 3.62. The van der Waals surface area contributed by atoms with Gasteiger partial charge in [-0.25, -0.2) is 0 Å². The zero-order valence-corrected chi connectivity index (χ0v) is 16.9. The summed E-state index contributed by atoms with van der Waals surface area (Å²) in [6.07, 6.45) is 1.77. The summed E-state index contributed by atoms with van der Waals surface area (Å²) in [5.41, 5.74) is 1.16. The molecule has 5 nitrogen and oxygen atoms in total. The van der Waals surface area contributed by atoms with Gasteiger partial charge in [-0.3, -0.25) is 9.69 Å². The molecule has 1 heterocycles. The van der Waals surface area contributed by atoms with E-state index < -0.39 is 5.97 Å². The Kier molecular flexibility index (Phi) is 5.08. The molecule has 7 heteroatoms. The zero-order valence-electron chi connectivity index (χ0n) is 15.2. The number of carboxylic acids is 1. The Labute approximate surface area is 176 Å². The number of hydrogen-bond donors (Lipinski definition) is 0. The first-order valence-electron chi connectivity index (χ1n) is 8.64. The molecule has 0 N–H and O–H groups in total. The third-order valence-corrected chi connectivity index (χ3v) is 5.86. The molecule has 3 aromatic carbocycles. The maximum absolute atomic E-state index is 13.1. The molecule has 1 aliphatic rings. The normalized spacial score (nSPS) is 15.3. The van der Waals surface area contributed by atoms with Crippen LogP contribution in [0.4, 0.5) is 5.69 Å². The van der Waals surface area contributed by atoms with Gasteiger partial charge in [-0.05, 0) is 40.6 Å². The number of thiocarbonyl (C=S) groups is 1. The smallest absolute Gasteiger partial charge is 0.270 e. The highest BCUT2D eigenvalue weighted by Crippen LogP contribution is 2.39. The fourth-order valence-electron chi connectivity index (χ4n) is 3.20. The van der Waals surface area contributed by atoms with Crippen molar-refractivity contribution in [3.05, 3.63) is 76.7 Å². The van der Waals surface area contributed by atoms with Crippen molar-refractivity contribution in [2.75, 3.05) is 12.0 Å². The SMILES string of the molecule is COc1ccc2ccccc2c1/C=C1\SC(=S)N(c2cccc(C(=O)[O-])c2)C1=O. The Morgan fingerprint density at radius 1 is 1.14 bits per heavy atom. The topological polar surface area (TPSA) is 69.7 Å². The van der Waals surface area contributed by atoms with Crippen LogP contribution in [0.25, 0.3) is 16.8 Å². The van der Waals surface area contributed by atoms with Gasteiger partial charge >= 0.3 is 0 Å². The van der Waals surface area contributed by atoms with Crippen molar-refractivity contribution in [1.29, 1.82) is 0 Å². The number of ether oxygens (including phenoxy) is 1. The van der Waals surface area contributed by atoms with Crippen LogP contribution in [-0.2, 0) is 4.79 Å². The van der Waals surface area contributed by atoms with Crippen molar-refractivity contribution in [3.63, 3.8) is 0 Å². The summed E-state index contributed by atoms with van der Waals surface area (Å²) in [5, 5.41) is 13.1. The van der Waals surface area contributed by atoms with Crippen LogP contribution in [0.3, 0.4) is 0 Å². The molecule has 29 heavy (non-hydrogen) atoms. The van der Waals surface area contributed by atoms with E-state index in [9.17, 15) is 14.7 Å². The minimum Gasteiger partial charge on any atom is -0.545 e. The Hall–Kier alpha value is -3.16. The van der Waals surface area contributed by atoms with Gasteiger partial charge in [0.25, 0.3) is 5.91 Å². The third kappa shape index (κ3) is 3.50. The zero-order chi connectivity index (χ0) is 20.5. The fourth-order valence-corrected chi connectivity index (χ4v) is 4.48. The van der Waals surface area contributed by atoms with Gasteiger partial charge in [0.1, 0.15) is 5.75 Å². The molecule has 1 amide bonds. The first kappa shape index (κ1) is 19.2. The number of anilines is 1. The summed E-state index contributed by atoms with van der Waals surface area (Å²) in [6, 6.07) is 17.6. The van der Waals surface area contributed by atoms with Crippen molar-refractivity contribution in [3.8, 4) is 5.75 Å². The summed E-state index contributed by atoms with van der Waals surface area (Å²) in [7, 11) is 1.58. The number of nitrogens with zero attached hydrogens (tertiary/aromatic N) is 1. The Bertz CT molecular complexity index is 1200. The van der Waals surface area contributed by atoms with Crippen LogP contribution < -0.4 is 14.7 Å². The Morgan fingerprint density at radius 2 is 1.93 bits per heavy atom. The molecule has 0 unspecified atom stereocenters. The molecule has 1 aliphatic heterocycles. The maximum atomic E-state index is 13.1. The molecule has 0 saturated carbocycles. The van der Waals surface area contributed by atoms with Crippen LogP contribution in [0.15, 0.2) is 65.6 Å². The van der Waals surface area contributed by atoms with E-state index in [-0.39, 0.29) is 11.5 Å². The van der Waals surface area contributed by atoms with Crippen LogP contribution in [-0.4, -0.2) is 23.3 Å². The lowest BCUT2D eigenvalue weighted by atomic mass is 10.0. The molecule has 4 rings (SSSR count). The first-order chi connectivity index (χ1) is 14.0. The quantitative estimate of drug-likeness (QED) is 0.474. The lowest BCUT2D eigenvalue weighted by molar-refractivity contribution is -0.255. The molecule has 0 spiro atoms. The highest BCUT2D eigenvalue weighted by atomic mass is 32.2. The lowest BCUT2D eigenvalue weighted by Gasteiger charge is -2.16. The summed E-state index contributed by atoms with van der Waals surface area (Å²) in [6.45, 7) is 0. The van der Waals surface area contributed by atoms with Crippen LogP contribution >= 0.6 is 24.0 Å². The van der Waals surface area contributed by atoms with Gasteiger partial charge in [-0.1, -0.05) is 66.4 Å². The van der Waals surface area contributed by atoms with Gasteiger partial charge < -0.3 is 14.6 Å². The number of carboxylic acid groups (broad SMARTS) is 1. The Morgan fingerprint density at radius 3 is 2.69 bits per heavy atom. The van der Waals surface area contributed by atoms with Crippen LogP contribution in [0, 0.1) is 0 Å². The third-order valence-electron chi connectivity index (χ3n) is 4.56. The second kappa shape index (κ2) is 7.69. The fraction of sp³-hybridized carbons (Fsp3) is 0.0455. The number of fused-ring (bicyclic) bond motifs is 1. The van der Waals surface area contributed by atoms with Crippen molar-refractivity contribution in [2.45, 2.75) is 0 Å². The second-order valence-electron chi connectivity index (χ2n) is 6.26. The predicted molar refractivity (Wildman–Crippen MR) is 117 cm³/mol. The van der Waals surface area contributed by atoms with Gasteiger partial charge in [0.05, 0.1) is 23.7 Å². The van der Waals surface area contributed by atoms with E-state index >= 15 is 0 Å². The number of amides is 1. The first-order valence-corrected chi connectivity index (χ1v) is 9.87. The number of benzene rings is 3. The number of aromatic carboxylic acids is 1. The number of carbonyl (C=O) groups excluding carboxylic acids is 2. The molecule has 3 aromatic rings. The number of hydrogen-bond acceptors (Lipinski definition) is 6. The van der Waals surface area contributed by atoms with Gasteiger partial charge in [0.15, 0.2) is 4.32 Å². The molecule has 0 aliphatic carbocycles.